The second-order valence-corrected chi connectivity index (χ2v) is 5.48. The van der Waals surface area contributed by atoms with Crippen LogP contribution in [0.15, 0.2) is 29.8 Å². The normalized spacial score (nSPS) is 10.8. The summed E-state index contributed by atoms with van der Waals surface area (Å²) >= 11 is 1.47. The van der Waals surface area contributed by atoms with Crippen LogP contribution in [-0.4, -0.2) is 34.7 Å². The van der Waals surface area contributed by atoms with E-state index in [9.17, 15) is 4.79 Å². The number of carboxylic acid groups (broad SMARTS) is 1. The van der Waals surface area contributed by atoms with E-state index in [1.165, 1.54) is 11.3 Å². The van der Waals surface area contributed by atoms with Crippen molar-refractivity contribution in [3.05, 3.63) is 35.5 Å². The van der Waals surface area contributed by atoms with E-state index in [0.29, 0.717) is 17.2 Å². The first-order valence-corrected chi connectivity index (χ1v) is 7.40. The highest BCUT2D eigenvalue weighted by Crippen LogP contribution is 2.34. The molecule has 0 aliphatic rings. The maximum Gasteiger partial charge on any atom is 0.309 e. The number of thiazole rings is 1. The lowest BCUT2D eigenvalue weighted by Gasteiger charge is -2.09. The number of imidazole rings is 1. The summed E-state index contributed by atoms with van der Waals surface area (Å²) in [5.41, 5.74) is 2.43. The number of fused-ring (bicyclic) bond motifs is 1. The van der Waals surface area contributed by atoms with Gasteiger partial charge in [0.05, 0.1) is 32.0 Å². The van der Waals surface area contributed by atoms with Crippen molar-refractivity contribution in [2.45, 2.75) is 6.42 Å². The average molecular weight is 318 g/mol. The lowest BCUT2D eigenvalue weighted by atomic mass is 10.1. The van der Waals surface area contributed by atoms with Crippen LogP contribution in [0, 0.1) is 0 Å². The molecule has 3 aromatic rings. The number of aliphatic carboxylic acids is 1. The van der Waals surface area contributed by atoms with Crippen molar-refractivity contribution in [2.75, 3.05) is 14.2 Å². The fraction of sp³-hybridized carbons (Fsp3) is 0.200. The van der Waals surface area contributed by atoms with E-state index in [4.69, 9.17) is 14.6 Å². The van der Waals surface area contributed by atoms with Crippen molar-refractivity contribution in [3.63, 3.8) is 0 Å². The van der Waals surface area contributed by atoms with E-state index in [1.54, 1.807) is 20.4 Å². The zero-order chi connectivity index (χ0) is 15.7. The molecule has 0 spiro atoms. The second-order valence-electron chi connectivity index (χ2n) is 4.65. The Morgan fingerprint density at radius 2 is 2.09 bits per heavy atom. The minimum atomic E-state index is -0.890. The monoisotopic (exact) mass is 318 g/mol. The molecule has 2 aromatic heterocycles. The smallest absolute Gasteiger partial charge is 0.309 e. The van der Waals surface area contributed by atoms with Crippen LogP contribution < -0.4 is 9.47 Å². The molecule has 0 fully saturated rings. The Morgan fingerprint density at radius 1 is 1.32 bits per heavy atom. The second kappa shape index (κ2) is 5.69. The zero-order valence-electron chi connectivity index (χ0n) is 12.1. The van der Waals surface area contributed by atoms with E-state index in [2.05, 4.69) is 4.98 Å². The number of rotatable bonds is 5. The minimum Gasteiger partial charge on any atom is -0.493 e. The molecule has 6 nitrogen and oxygen atoms in total. The molecule has 0 aliphatic heterocycles. The van der Waals surface area contributed by atoms with Crippen molar-refractivity contribution in [3.8, 4) is 22.8 Å². The van der Waals surface area contributed by atoms with Gasteiger partial charge in [-0.1, -0.05) is 0 Å². The standard InChI is InChI=1S/C15H14N2O4S/c1-20-12-4-3-9(5-13(12)21-2)11-8-22-15-16-10(6-14(18)19)7-17(11)15/h3-5,7-8H,6H2,1-2H3,(H,18,19). The molecular formula is C15H14N2O4S. The largest absolute Gasteiger partial charge is 0.493 e. The zero-order valence-corrected chi connectivity index (χ0v) is 12.9. The predicted octanol–water partition coefficient (Wildman–Crippen LogP) is 2.71. The molecule has 0 aliphatic carbocycles. The van der Waals surface area contributed by atoms with E-state index in [0.717, 1.165) is 16.2 Å². The van der Waals surface area contributed by atoms with Gasteiger partial charge in [0.15, 0.2) is 16.5 Å². The summed E-state index contributed by atoms with van der Waals surface area (Å²) in [5, 5.41) is 10.8. The number of methoxy groups -OCH3 is 2. The number of hydrogen-bond acceptors (Lipinski definition) is 5. The van der Waals surface area contributed by atoms with E-state index < -0.39 is 5.97 Å². The molecule has 7 heteroatoms. The van der Waals surface area contributed by atoms with Crippen LogP contribution >= 0.6 is 11.3 Å². The summed E-state index contributed by atoms with van der Waals surface area (Å²) in [7, 11) is 3.18. The molecular weight excluding hydrogens is 304 g/mol. The summed E-state index contributed by atoms with van der Waals surface area (Å²) in [6.07, 6.45) is 1.67. The van der Waals surface area contributed by atoms with E-state index in [1.807, 2.05) is 28.0 Å². The number of ether oxygens (including phenoxy) is 2. The number of hydrogen-bond donors (Lipinski definition) is 1. The quantitative estimate of drug-likeness (QED) is 0.783. The Morgan fingerprint density at radius 3 is 2.77 bits per heavy atom. The van der Waals surface area contributed by atoms with Gasteiger partial charge in [0.1, 0.15) is 0 Å². The summed E-state index contributed by atoms with van der Waals surface area (Å²) in [6, 6.07) is 5.66. The molecule has 0 bridgehead atoms. The van der Waals surface area contributed by atoms with Crippen molar-refractivity contribution in [1.29, 1.82) is 0 Å². The Balaban J connectivity index is 2.06. The Labute approximate surface area is 130 Å². The Kier molecular flexibility index (Phi) is 3.72. The number of nitrogens with zero attached hydrogens (tertiary/aromatic N) is 2. The number of aromatic nitrogens is 2. The summed E-state index contributed by atoms with van der Waals surface area (Å²) in [4.78, 5) is 15.9. The van der Waals surface area contributed by atoms with Crippen LogP contribution in [0.4, 0.5) is 0 Å². The van der Waals surface area contributed by atoms with E-state index in [-0.39, 0.29) is 6.42 Å². The fourth-order valence-electron chi connectivity index (χ4n) is 2.27. The molecule has 0 radical (unpaired) electrons. The summed E-state index contributed by atoms with van der Waals surface area (Å²) < 4.78 is 12.5. The van der Waals surface area contributed by atoms with Crippen LogP contribution in [0.1, 0.15) is 5.69 Å². The Hall–Kier alpha value is -2.54. The van der Waals surface area contributed by atoms with Gasteiger partial charge in [-0.25, -0.2) is 4.98 Å². The number of carboxylic acids is 1. The number of benzene rings is 1. The van der Waals surface area contributed by atoms with Gasteiger partial charge in [-0.2, -0.15) is 0 Å². The van der Waals surface area contributed by atoms with Gasteiger partial charge in [0.2, 0.25) is 0 Å². The van der Waals surface area contributed by atoms with Crippen LogP contribution in [-0.2, 0) is 11.2 Å². The van der Waals surface area contributed by atoms with Crippen LogP contribution in [0.5, 0.6) is 11.5 Å². The van der Waals surface area contributed by atoms with Gasteiger partial charge in [-0.15, -0.1) is 11.3 Å². The van der Waals surface area contributed by atoms with Crippen LogP contribution in [0.25, 0.3) is 16.2 Å². The predicted molar refractivity (Wildman–Crippen MR) is 82.9 cm³/mol. The van der Waals surface area contributed by atoms with Crippen molar-refractivity contribution in [1.82, 2.24) is 9.38 Å². The van der Waals surface area contributed by atoms with Crippen molar-refractivity contribution in [2.24, 2.45) is 0 Å². The molecule has 0 saturated carbocycles. The minimum absolute atomic E-state index is 0.0836. The summed E-state index contributed by atoms with van der Waals surface area (Å²) in [6.45, 7) is 0. The SMILES string of the molecule is COc1ccc(-c2csc3nc(CC(=O)O)cn23)cc1OC. The molecule has 22 heavy (non-hydrogen) atoms. The maximum absolute atomic E-state index is 10.8. The maximum atomic E-state index is 10.8. The Bertz CT molecular complexity index is 837. The highest BCUT2D eigenvalue weighted by atomic mass is 32.1. The number of carbonyl (C=O) groups is 1. The van der Waals surface area contributed by atoms with Crippen molar-refractivity contribution >= 4 is 22.3 Å². The van der Waals surface area contributed by atoms with Crippen molar-refractivity contribution < 1.29 is 19.4 Å². The van der Waals surface area contributed by atoms with Crippen LogP contribution in [0.2, 0.25) is 0 Å². The van der Waals surface area contributed by atoms with Gasteiger partial charge >= 0.3 is 5.97 Å². The molecule has 0 unspecified atom stereocenters. The fourth-order valence-corrected chi connectivity index (χ4v) is 3.17. The van der Waals surface area contributed by atoms with E-state index >= 15 is 0 Å². The highest BCUT2D eigenvalue weighted by Gasteiger charge is 2.13. The molecule has 114 valence electrons. The molecule has 1 aromatic carbocycles. The summed E-state index contributed by atoms with van der Waals surface area (Å²) in [5.74, 6) is 0.415. The van der Waals surface area contributed by atoms with Gasteiger partial charge in [0, 0.05) is 17.1 Å². The molecule has 2 heterocycles. The lowest BCUT2D eigenvalue weighted by Crippen LogP contribution is -1.99. The molecule has 0 amide bonds. The average Bonchev–Trinajstić information content (AvgIpc) is 3.05. The third-order valence-electron chi connectivity index (χ3n) is 3.27. The topological polar surface area (TPSA) is 73.1 Å². The first-order valence-electron chi connectivity index (χ1n) is 6.52. The molecule has 3 rings (SSSR count). The third kappa shape index (κ3) is 2.50. The van der Waals surface area contributed by atoms with Gasteiger partial charge in [-0.05, 0) is 18.2 Å². The molecule has 0 saturated heterocycles. The van der Waals surface area contributed by atoms with Gasteiger partial charge in [-0.3, -0.25) is 9.20 Å². The molecule has 0 atom stereocenters. The van der Waals surface area contributed by atoms with Gasteiger partial charge in [0.25, 0.3) is 0 Å². The highest BCUT2D eigenvalue weighted by molar-refractivity contribution is 7.15. The molecule has 1 N–H and O–H groups in total. The lowest BCUT2D eigenvalue weighted by molar-refractivity contribution is -0.136. The van der Waals surface area contributed by atoms with Crippen LogP contribution in [0.3, 0.4) is 0 Å². The third-order valence-corrected chi connectivity index (χ3v) is 4.11. The van der Waals surface area contributed by atoms with Gasteiger partial charge < -0.3 is 14.6 Å². The first kappa shape index (κ1) is 14.4. The first-order chi connectivity index (χ1) is 10.6.